The minimum absolute atomic E-state index is 0.126. The molecule has 0 nitrogen and oxygen atoms in total. The highest BCUT2D eigenvalue weighted by atomic mass is 31.1. The number of hydrogen-bond acceptors (Lipinski definition) is 0. The highest BCUT2D eigenvalue weighted by Gasteiger charge is 2.08. The monoisotopic (exact) mass is 235 g/mol. The molecule has 89 valence electrons. The summed E-state index contributed by atoms with van der Waals surface area (Å²) >= 11 is 0. The molecule has 0 fully saturated rings. The summed E-state index contributed by atoms with van der Waals surface area (Å²) in [6, 6.07) is 10.8. The molecular formula is C15H24P. The summed E-state index contributed by atoms with van der Waals surface area (Å²) in [5.41, 5.74) is 1.42. The summed E-state index contributed by atoms with van der Waals surface area (Å²) < 4.78 is 0. The molecule has 0 saturated heterocycles. The van der Waals surface area contributed by atoms with Crippen LogP contribution < -0.4 is 0 Å². The fourth-order valence-corrected chi connectivity index (χ4v) is 4.23. The third kappa shape index (κ3) is 5.66. The van der Waals surface area contributed by atoms with Crippen LogP contribution in [0, 0.1) is 6.16 Å². The molecule has 1 rings (SSSR count). The number of benzene rings is 1. The van der Waals surface area contributed by atoms with Gasteiger partial charge in [0, 0.05) is 6.16 Å². The van der Waals surface area contributed by atoms with Gasteiger partial charge in [-0.15, -0.1) is 0 Å². The van der Waals surface area contributed by atoms with Crippen molar-refractivity contribution in [3.8, 4) is 0 Å². The second kappa shape index (κ2) is 8.76. The predicted molar refractivity (Wildman–Crippen MR) is 76.3 cm³/mol. The molecule has 0 aromatic heterocycles. The summed E-state index contributed by atoms with van der Waals surface area (Å²) in [5.74, 6) is 0. The van der Waals surface area contributed by atoms with Crippen LogP contribution in [0.3, 0.4) is 0 Å². The maximum absolute atomic E-state index is 2.53. The molecule has 1 aromatic rings. The first kappa shape index (κ1) is 13.7. The SMILES string of the molecule is CCCCP([CH]c1ccccc1)CCCC. The smallest absolute Gasteiger partial charge is 0.0150 e. The molecular weight excluding hydrogens is 211 g/mol. The zero-order chi connectivity index (χ0) is 11.6. The zero-order valence-corrected chi connectivity index (χ0v) is 11.5. The standard InChI is InChI=1S/C15H24P/c1-3-5-12-16(13-6-4-2)14-15-10-8-7-9-11-15/h7-11,14H,3-6,12-13H2,1-2H3. The van der Waals surface area contributed by atoms with E-state index in [2.05, 4.69) is 50.3 Å². The Morgan fingerprint density at radius 2 is 1.50 bits per heavy atom. The third-order valence-corrected chi connectivity index (χ3v) is 5.17. The number of rotatable bonds is 8. The Labute approximate surface area is 102 Å². The van der Waals surface area contributed by atoms with E-state index in [1.807, 2.05) is 0 Å². The van der Waals surface area contributed by atoms with E-state index in [-0.39, 0.29) is 7.92 Å². The van der Waals surface area contributed by atoms with Gasteiger partial charge in [0.15, 0.2) is 0 Å². The van der Waals surface area contributed by atoms with Crippen molar-refractivity contribution in [1.29, 1.82) is 0 Å². The Kier molecular flexibility index (Phi) is 7.51. The maximum Gasteiger partial charge on any atom is 0.0150 e. The average Bonchev–Trinajstić information content (AvgIpc) is 2.34. The van der Waals surface area contributed by atoms with E-state index in [4.69, 9.17) is 0 Å². The highest BCUT2D eigenvalue weighted by Crippen LogP contribution is 2.43. The van der Waals surface area contributed by atoms with Crippen LogP contribution in [0.2, 0.25) is 0 Å². The van der Waals surface area contributed by atoms with E-state index in [9.17, 15) is 0 Å². The van der Waals surface area contributed by atoms with Gasteiger partial charge in [0.1, 0.15) is 0 Å². The number of unbranched alkanes of at least 4 members (excludes halogenated alkanes) is 2. The van der Waals surface area contributed by atoms with Crippen molar-refractivity contribution < 1.29 is 0 Å². The minimum Gasteiger partial charge on any atom is -0.0980 e. The largest absolute Gasteiger partial charge is 0.0980 e. The molecule has 0 atom stereocenters. The van der Waals surface area contributed by atoms with Crippen molar-refractivity contribution >= 4 is 7.92 Å². The van der Waals surface area contributed by atoms with E-state index in [0.29, 0.717) is 0 Å². The molecule has 0 spiro atoms. The van der Waals surface area contributed by atoms with Crippen molar-refractivity contribution in [2.24, 2.45) is 0 Å². The van der Waals surface area contributed by atoms with Crippen LogP contribution in [-0.2, 0) is 0 Å². The molecule has 0 aliphatic carbocycles. The van der Waals surface area contributed by atoms with Crippen molar-refractivity contribution in [1.82, 2.24) is 0 Å². The van der Waals surface area contributed by atoms with Gasteiger partial charge in [-0.3, -0.25) is 0 Å². The second-order valence-electron chi connectivity index (χ2n) is 4.28. The lowest BCUT2D eigenvalue weighted by atomic mass is 10.2. The van der Waals surface area contributed by atoms with Crippen molar-refractivity contribution in [2.75, 3.05) is 12.3 Å². The average molecular weight is 235 g/mol. The van der Waals surface area contributed by atoms with Crippen molar-refractivity contribution in [3.63, 3.8) is 0 Å². The molecule has 0 saturated carbocycles. The van der Waals surface area contributed by atoms with Gasteiger partial charge in [0.05, 0.1) is 0 Å². The van der Waals surface area contributed by atoms with Crippen LogP contribution in [0.4, 0.5) is 0 Å². The van der Waals surface area contributed by atoms with E-state index in [0.717, 1.165) is 0 Å². The summed E-state index contributed by atoms with van der Waals surface area (Å²) in [6.45, 7) is 4.58. The lowest BCUT2D eigenvalue weighted by Gasteiger charge is -2.16. The molecule has 1 radical (unpaired) electrons. The maximum atomic E-state index is 2.53. The van der Waals surface area contributed by atoms with Crippen LogP contribution in [0.15, 0.2) is 30.3 Å². The van der Waals surface area contributed by atoms with Crippen LogP contribution in [0.5, 0.6) is 0 Å². The molecule has 0 aliphatic heterocycles. The molecule has 0 aliphatic rings. The van der Waals surface area contributed by atoms with Crippen LogP contribution in [0.1, 0.15) is 45.1 Å². The summed E-state index contributed by atoms with van der Waals surface area (Å²) in [6.07, 6.45) is 10.8. The van der Waals surface area contributed by atoms with Crippen LogP contribution in [-0.4, -0.2) is 12.3 Å². The van der Waals surface area contributed by atoms with Gasteiger partial charge in [-0.05, 0) is 30.7 Å². The summed E-state index contributed by atoms with van der Waals surface area (Å²) in [4.78, 5) is 0. The summed E-state index contributed by atoms with van der Waals surface area (Å²) in [5, 5.41) is 0. The molecule has 0 heterocycles. The Morgan fingerprint density at radius 3 is 2.00 bits per heavy atom. The Bertz CT molecular complexity index is 247. The zero-order valence-electron chi connectivity index (χ0n) is 10.7. The predicted octanol–water partition coefficient (Wildman–Crippen LogP) is 5.28. The fraction of sp³-hybridized carbons (Fsp3) is 0.533. The first-order chi connectivity index (χ1) is 7.86. The minimum atomic E-state index is 0.126. The molecule has 0 amide bonds. The van der Waals surface area contributed by atoms with Gasteiger partial charge in [0.25, 0.3) is 0 Å². The van der Waals surface area contributed by atoms with Gasteiger partial charge in [-0.2, -0.15) is 0 Å². The van der Waals surface area contributed by atoms with Gasteiger partial charge in [-0.1, -0.05) is 64.9 Å². The van der Waals surface area contributed by atoms with Gasteiger partial charge in [0.2, 0.25) is 0 Å². The summed E-state index contributed by atoms with van der Waals surface area (Å²) in [7, 11) is 0.126. The molecule has 0 unspecified atom stereocenters. The van der Waals surface area contributed by atoms with Gasteiger partial charge < -0.3 is 0 Å². The molecule has 16 heavy (non-hydrogen) atoms. The molecule has 1 aromatic carbocycles. The van der Waals surface area contributed by atoms with Crippen molar-refractivity contribution in [3.05, 3.63) is 42.1 Å². The Balaban J connectivity index is 2.42. The first-order valence-corrected chi connectivity index (χ1v) is 8.29. The van der Waals surface area contributed by atoms with Gasteiger partial charge in [-0.25, -0.2) is 0 Å². The van der Waals surface area contributed by atoms with Crippen LogP contribution in [0.25, 0.3) is 0 Å². The first-order valence-electron chi connectivity index (χ1n) is 6.50. The van der Waals surface area contributed by atoms with E-state index < -0.39 is 0 Å². The van der Waals surface area contributed by atoms with Gasteiger partial charge >= 0.3 is 0 Å². The lowest BCUT2D eigenvalue weighted by Crippen LogP contribution is -1.92. The highest BCUT2D eigenvalue weighted by molar-refractivity contribution is 7.60. The van der Waals surface area contributed by atoms with E-state index in [1.165, 1.54) is 43.6 Å². The lowest BCUT2D eigenvalue weighted by molar-refractivity contribution is 0.869. The Hall–Kier alpha value is -0.350. The van der Waals surface area contributed by atoms with Crippen molar-refractivity contribution in [2.45, 2.75) is 39.5 Å². The molecule has 0 bridgehead atoms. The molecule has 0 N–H and O–H groups in total. The quantitative estimate of drug-likeness (QED) is 0.538. The topological polar surface area (TPSA) is 0 Å². The number of hydrogen-bond donors (Lipinski definition) is 0. The third-order valence-electron chi connectivity index (χ3n) is 2.73. The normalized spacial score (nSPS) is 10.9. The Morgan fingerprint density at radius 1 is 0.938 bits per heavy atom. The van der Waals surface area contributed by atoms with Crippen LogP contribution >= 0.6 is 7.92 Å². The molecule has 1 heteroatoms. The van der Waals surface area contributed by atoms with E-state index >= 15 is 0 Å². The van der Waals surface area contributed by atoms with E-state index in [1.54, 1.807) is 0 Å². The second-order valence-corrected chi connectivity index (χ2v) is 6.61. The fourth-order valence-electron chi connectivity index (χ4n) is 1.71.